The lowest BCUT2D eigenvalue weighted by molar-refractivity contribution is -0.125. The van der Waals surface area contributed by atoms with E-state index in [4.69, 9.17) is 5.10 Å². The molecular formula is C33H34N8O2. The number of rotatable bonds is 7. The Bertz CT molecular complexity index is 1780. The van der Waals surface area contributed by atoms with E-state index in [0.29, 0.717) is 35.8 Å². The number of aromatic nitrogens is 6. The molecule has 0 saturated heterocycles. The average Bonchev–Trinajstić information content (AvgIpc) is 3.63. The Morgan fingerprint density at radius 3 is 2.37 bits per heavy atom. The van der Waals surface area contributed by atoms with Gasteiger partial charge in [0.25, 0.3) is 5.91 Å². The zero-order valence-corrected chi connectivity index (χ0v) is 24.2. The van der Waals surface area contributed by atoms with Gasteiger partial charge in [-0.05, 0) is 56.4 Å². The number of hydrogen-bond acceptors (Lipinski definition) is 6. The third-order valence-corrected chi connectivity index (χ3v) is 8.83. The van der Waals surface area contributed by atoms with E-state index in [2.05, 4.69) is 42.5 Å². The van der Waals surface area contributed by atoms with E-state index in [9.17, 15) is 9.59 Å². The van der Waals surface area contributed by atoms with Crippen molar-refractivity contribution in [2.45, 2.75) is 62.8 Å². The lowest BCUT2D eigenvalue weighted by Gasteiger charge is -2.40. The molecule has 2 aromatic carbocycles. The van der Waals surface area contributed by atoms with Crippen molar-refractivity contribution in [3.63, 3.8) is 0 Å². The first-order valence-corrected chi connectivity index (χ1v) is 15.0. The summed E-state index contributed by atoms with van der Waals surface area (Å²) in [6.07, 6.45) is 14.6. The molecule has 2 aliphatic carbocycles. The summed E-state index contributed by atoms with van der Waals surface area (Å²) in [6, 6.07) is 15.9. The van der Waals surface area contributed by atoms with Crippen LogP contribution in [-0.2, 0) is 11.8 Å². The van der Waals surface area contributed by atoms with Crippen LogP contribution in [0, 0.1) is 0 Å². The standard InChI is InChI=1S/C33H34N8O2/c1-40-21-24(18-36-40)30-34-19-25(20-35-30)37-32(43)33(15-8-16-33)38-31(42)23-13-14-27-28(17-23)39-41(26-11-6-3-7-12-26)29(27)22-9-4-2-5-10-22/h3,6-7,11-14,17-22H,2,4-5,8-10,15-16H2,1H3,(H,37,43)(H,38,42). The summed E-state index contributed by atoms with van der Waals surface area (Å²) in [4.78, 5) is 35.7. The van der Waals surface area contributed by atoms with Crippen molar-refractivity contribution in [2.75, 3.05) is 5.32 Å². The molecule has 5 aromatic rings. The molecular weight excluding hydrogens is 540 g/mol. The molecule has 2 aliphatic rings. The van der Waals surface area contributed by atoms with E-state index in [0.717, 1.165) is 41.4 Å². The lowest BCUT2D eigenvalue weighted by Crippen LogP contribution is -2.61. The first kappa shape index (κ1) is 27.0. The van der Waals surface area contributed by atoms with E-state index in [1.165, 1.54) is 25.0 Å². The number of fused-ring (bicyclic) bond motifs is 1. The Hall–Kier alpha value is -4.86. The Balaban J connectivity index is 1.11. The fourth-order valence-corrected chi connectivity index (χ4v) is 6.34. The predicted molar refractivity (Wildman–Crippen MR) is 164 cm³/mol. The summed E-state index contributed by atoms with van der Waals surface area (Å²) < 4.78 is 3.74. The summed E-state index contributed by atoms with van der Waals surface area (Å²) in [5.74, 6) is 0.407. The molecule has 3 aromatic heterocycles. The second kappa shape index (κ2) is 11.1. The number of benzene rings is 2. The second-order valence-corrected chi connectivity index (χ2v) is 11.7. The number of hydrogen-bond donors (Lipinski definition) is 2. The smallest absolute Gasteiger partial charge is 0.252 e. The van der Waals surface area contributed by atoms with Gasteiger partial charge < -0.3 is 10.6 Å². The largest absolute Gasteiger partial charge is 0.338 e. The molecule has 3 heterocycles. The fourth-order valence-electron chi connectivity index (χ4n) is 6.34. The minimum Gasteiger partial charge on any atom is -0.338 e. The highest BCUT2D eigenvalue weighted by Crippen LogP contribution is 2.38. The molecule has 218 valence electrons. The number of carbonyl (C=O) groups excluding carboxylic acids is 2. The van der Waals surface area contributed by atoms with Gasteiger partial charge in [0.2, 0.25) is 5.91 Å². The van der Waals surface area contributed by atoms with Crippen LogP contribution in [0.3, 0.4) is 0 Å². The third kappa shape index (κ3) is 5.17. The molecule has 2 fully saturated rings. The molecule has 0 aliphatic heterocycles. The quantitative estimate of drug-likeness (QED) is 0.263. The Morgan fingerprint density at radius 2 is 1.70 bits per heavy atom. The summed E-state index contributed by atoms with van der Waals surface area (Å²) >= 11 is 0. The second-order valence-electron chi connectivity index (χ2n) is 11.7. The monoisotopic (exact) mass is 574 g/mol. The maximum absolute atomic E-state index is 13.6. The number of carbonyl (C=O) groups is 2. The molecule has 2 amide bonds. The molecule has 7 rings (SSSR count). The van der Waals surface area contributed by atoms with E-state index in [1.54, 1.807) is 23.3 Å². The highest BCUT2D eigenvalue weighted by atomic mass is 16.2. The number of amides is 2. The molecule has 2 saturated carbocycles. The van der Waals surface area contributed by atoms with Crippen molar-refractivity contribution in [1.29, 1.82) is 0 Å². The number of nitrogens with one attached hydrogen (secondary N) is 2. The molecule has 0 atom stereocenters. The maximum Gasteiger partial charge on any atom is 0.252 e. The topological polar surface area (TPSA) is 120 Å². The summed E-state index contributed by atoms with van der Waals surface area (Å²) in [6.45, 7) is 0. The Labute approximate surface area is 249 Å². The van der Waals surface area contributed by atoms with Crippen LogP contribution in [0.1, 0.15) is 73.3 Å². The average molecular weight is 575 g/mol. The van der Waals surface area contributed by atoms with E-state index in [-0.39, 0.29) is 11.8 Å². The van der Waals surface area contributed by atoms with Gasteiger partial charge in [-0.15, -0.1) is 0 Å². The molecule has 0 spiro atoms. The van der Waals surface area contributed by atoms with Crippen LogP contribution in [0.2, 0.25) is 0 Å². The minimum atomic E-state index is -0.981. The minimum absolute atomic E-state index is 0.265. The number of anilines is 1. The zero-order chi connectivity index (χ0) is 29.4. The van der Waals surface area contributed by atoms with Crippen LogP contribution in [0.15, 0.2) is 73.3 Å². The van der Waals surface area contributed by atoms with Crippen LogP contribution in [-0.4, -0.2) is 46.9 Å². The van der Waals surface area contributed by atoms with Crippen LogP contribution in [0.4, 0.5) is 5.69 Å². The summed E-state index contributed by atoms with van der Waals surface area (Å²) in [5.41, 5.74) is 3.80. The van der Waals surface area contributed by atoms with E-state index in [1.807, 2.05) is 49.6 Å². The van der Waals surface area contributed by atoms with Crippen LogP contribution >= 0.6 is 0 Å². The predicted octanol–water partition coefficient (Wildman–Crippen LogP) is 5.55. The van der Waals surface area contributed by atoms with Gasteiger partial charge >= 0.3 is 0 Å². The molecule has 0 radical (unpaired) electrons. The highest BCUT2D eigenvalue weighted by Gasteiger charge is 2.45. The van der Waals surface area contributed by atoms with Crippen molar-refractivity contribution in [3.8, 4) is 17.1 Å². The number of aryl methyl sites for hydroxylation is 1. The fraction of sp³-hybridized carbons (Fsp3) is 0.333. The van der Waals surface area contributed by atoms with Crippen molar-refractivity contribution >= 4 is 28.4 Å². The van der Waals surface area contributed by atoms with Crippen LogP contribution in [0.25, 0.3) is 28.0 Å². The maximum atomic E-state index is 13.6. The van der Waals surface area contributed by atoms with E-state index >= 15 is 0 Å². The van der Waals surface area contributed by atoms with Gasteiger partial charge in [-0.1, -0.05) is 43.5 Å². The zero-order valence-electron chi connectivity index (χ0n) is 24.2. The lowest BCUT2D eigenvalue weighted by atomic mass is 9.75. The number of nitrogens with zero attached hydrogens (tertiary/aromatic N) is 6. The first-order valence-electron chi connectivity index (χ1n) is 15.0. The van der Waals surface area contributed by atoms with Crippen molar-refractivity contribution in [1.82, 2.24) is 34.8 Å². The number of para-hydroxylation sites is 1. The van der Waals surface area contributed by atoms with Gasteiger partial charge in [0, 0.05) is 30.1 Å². The van der Waals surface area contributed by atoms with Gasteiger partial charge in [-0.2, -0.15) is 10.2 Å². The van der Waals surface area contributed by atoms with Gasteiger partial charge in [0.05, 0.1) is 46.7 Å². The van der Waals surface area contributed by atoms with Gasteiger partial charge in [0.1, 0.15) is 5.54 Å². The highest BCUT2D eigenvalue weighted by molar-refractivity contribution is 6.05. The van der Waals surface area contributed by atoms with Crippen LogP contribution < -0.4 is 10.6 Å². The van der Waals surface area contributed by atoms with Crippen LogP contribution in [0.5, 0.6) is 0 Å². The van der Waals surface area contributed by atoms with Crippen molar-refractivity contribution in [2.24, 2.45) is 7.05 Å². The first-order chi connectivity index (χ1) is 21.0. The van der Waals surface area contributed by atoms with E-state index < -0.39 is 5.54 Å². The Morgan fingerprint density at radius 1 is 0.930 bits per heavy atom. The van der Waals surface area contributed by atoms with Gasteiger partial charge in [-0.3, -0.25) is 14.3 Å². The van der Waals surface area contributed by atoms with Gasteiger partial charge in [0.15, 0.2) is 5.82 Å². The molecule has 2 N–H and O–H groups in total. The van der Waals surface area contributed by atoms with Crippen molar-refractivity contribution in [3.05, 3.63) is 84.6 Å². The summed E-state index contributed by atoms with van der Waals surface area (Å²) in [5, 5.41) is 16.2. The SMILES string of the molecule is Cn1cc(-c2ncc(NC(=O)C3(NC(=O)c4ccc5c(C6CCCCC6)n(-c6ccccc6)nc5c4)CCC3)cn2)cn1. The normalized spacial score (nSPS) is 16.5. The molecule has 0 bridgehead atoms. The molecule has 10 nitrogen and oxygen atoms in total. The summed E-state index contributed by atoms with van der Waals surface area (Å²) in [7, 11) is 1.83. The molecule has 43 heavy (non-hydrogen) atoms. The third-order valence-electron chi connectivity index (χ3n) is 8.83. The van der Waals surface area contributed by atoms with Crippen molar-refractivity contribution < 1.29 is 9.59 Å². The Kier molecular flexibility index (Phi) is 6.96. The molecule has 0 unspecified atom stereocenters. The van der Waals surface area contributed by atoms with Gasteiger partial charge in [-0.25, -0.2) is 14.6 Å². The molecule has 10 heteroatoms.